The molecule has 142 valence electrons. The first-order chi connectivity index (χ1) is 13.7. The highest BCUT2D eigenvalue weighted by molar-refractivity contribution is 7.99. The monoisotopic (exact) mass is 391 g/mol. The minimum atomic E-state index is 0.121. The molecule has 1 aromatic carbocycles. The highest BCUT2D eigenvalue weighted by Gasteiger charge is 2.33. The number of fused-ring (bicyclic) bond motifs is 1. The lowest BCUT2D eigenvalue weighted by Gasteiger charge is -2.22. The summed E-state index contributed by atoms with van der Waals surface area (Å²) >= 11 is 1.48. The average molecular weight is 392 g/mol. The van der Waals surface area contributed by atoms with E-state index in [0.717, 1.165) is 41.5 Å². The number of amides is 1. The van der Waals surface area contributed by atoms with Gasteiger partial charge in [0.25, 0.3) is 0 Å². The van der Waals surface area contributed by atoms with E-state index in [4.69, 9.17) is 0 Å². The number of thioether (sulfide) groups is 1. The molecule has 28 heavy (non-hydrogen) atoms. The van der Waals surface area contributed by atoms with Crippen molar-refractivity contribution in [1.82, 2.24) is 19.7 Å². The van der Waals surface area contributed by atoms with E-state index in [0.29, 0.717) is 11.8 Å². The number of rotatable bonds is 5. The molecule has 1 saturated carbocycles. The Morgan fingerprint density at radius 2 is 2.04 bits per heavy atom. The smallest absolute Gasteiger partial charge is 0.237 e. The molecule has 1 fully saturated rings. The zero-order valence-corrected chi connectivity index (χ0v) is 16.5. The van der Waals surface area contributed by atoms with Crippen molar-refractivity contribution in [1.29, 1.82) is 0 Å². The number of benzene rings is 1. The van der Waals surface area contributed by atoms with Crippen LogP contribution in [0, 0.1) is 0 Å². The van der Waals surface area contributed by atoms with E-state index in [1.807, 2.05) is 41.4 Å². The summed E-state index contributed by atoms with van der Waals surface area (Å²) in [5.41, 5.74) is 3.25. The largest absolute Gasteiger partial charge is 0.308 e. The first-order valence-corrected chi connectivity index (χ1v) is 10.6. The molecule has 0 bridgehead atoms. The topological polar surface area (TPSA) is 63.9 Å². The molecule has 7 heteroatoms. The number of carbonyl (C=O) groups excluding carboxylic acids is 1. The third kappa shape index (κ3) is 3.09. The summed E-state index contributed by atoms with van der Waals surface area (Å²) in [6.45, 7) is 2.11. The zero-order chi connectivity index (χ0) is 19.1. The molecule has 0 spiro atoms. The normalized spacial score (nSPS) is 18.3. The van der Waals surface area contributed by atoms with Gasteiger partial charge in [0.05, 0.1) is 5.75 Å². The molecule has 2 aromatic heterocycles. The second-order valence-corrected chi connectivity index (χ2v) is 8.33. The molecule has 5 rings (SSSR count). The Labute approximate surface area is 168 Å². The van der Waals surface area contributed by atoms with E-state index < -0.39 is 0 Å². The predicted molar refractivity (Wildman–Crippen MR) is 109 cm³/mol. The van der Waals surface area contributed by atoms with E-state index in [9.17, 15) is 4.79 Å². The van der Waals surface area contributed by atoms with Crippen LogP contribution in [-0.2, 0) is 11.2 Å². The van der Waals surface area contributed by atoms with Crippen LogP contribution in [0.5, 0.6) is 0 Å². The van der Waals surface area contributed by atoms with Crippen molar-refractivity contribution >= 4 is 23.4 Å². The molecule has 0 N–H and O–H groups in total. The van der Waals surface area contributed by atoms with Crippen molar-refractivity contribution in [3.63, 3.8) is 0 Å². The van der Waals surface area contributed by atoms with Crippen molar-refractivity contribution in [2.24, 2.45) is 0 Å². The van der Waals surface area contributed by atoms with Gasteiger partial charge in [-0.25, -0.2) is 0 Å². The van der Waals surface area contributed by atoms with Crippen LogP contribution in [0.3, 0.4) is 0 Å². The van der Waals surface area contributed by atoms with Crippen LogP contribution in [0.2, 0.25) is 0 Å². The predicted octanol–water partition coefficient (Wildman–Crippen LogP) is 3.74. The van der Waals surface area contributed by atoms with Crippen LogP contribution in [0.4, 0.5) is 5.69 Å². The molecule has 3 heterocycles. The Balaban J connectivity index is 1.36. The Bertz CT molecular complexity index is 1010. The number of nitrogens with zero attached hydrogens (tertiary/aromatic N) is 5. The number of para-hydroxylation sites is 1. The van der Waals surface area contributed by atoms with E-state index in [2.05, 4.69) is 32.7 Å². The number of hydrogen-bond acceptors (Lipinski definition) is 5. The van der Waals surface area contributed by atoms with Crippen LogP contribution in [-0.4, -0.2) is 37.5 Å². The lowest BCUT2D eigenvalue weighted by atomic mass is 10.1. The van der Waals surface area contributed by atoms with Gasteiger partial charge >= 0.3 is 0 Å². The Hall–Kier alpha value is -2.67. The zero-order valence-electron chi connectivity index (χ0n) is 15.7. The summed E-state index contributed by atoms with van der Waals surface area (Å²) in [7, 11) is 0. The van der Waals surface area contributed by atoms with Gasteiger partial charge in [0.15, 0.2) is 11.0 Å². The molecule has 1 aliphatic carbocycles. The molecule has 1 aliphatic heterocycles. The summed E-state index contributed by atoms with van der Waals surface area (Å²) in [4.78, 5) is 19.1. The maximum Gasteiger partial charge on any atom is 0.237 e. The molecule has 6 nitrogen and oxygen atoms in total. The maximum atomic E-state index is 13.0. The third-order valence-corrected chi connectivity index (χ3v) is 6.22. The van der Waals surface area contributed by atoms with Gasteiger partial charge in [-0.3, -0.25) is 14.3 Å². The van der Waals surface area contributed by atoms with Gasteiger partial charge in [-0.1, -0.05) is 30.0 Å². The molecule has 2 aliphatic rings. The fourth-order valence-corrected chi connectivity index (χ4v) is 4.74. The highest BCUT2D eigenvalue weighted by Crippen LogP contribution is 2.41. The van der Waals surface area contributed by atoms with E-state index >= 15 is 0 Å². The molecule has 0 saturated heterocycles. The van der Waals surface area contributed by atoms with Crippen LogP contribution in [0.1, 0.15) is 31.4 Å². The van der Waals surface area contributed by atoms with Crippen molar-refractivity contribution < 1.29 is 4.79 Å². The summed E-state index contributed by atoms with van der Waals surface area (Å²) in [5.74, 6) is 1.32. The lowest BCUT2D eigenvalue weighted by Crippen LogP contribution is -2.37. The van der Waals surface area contributed by atoms with Crippen molar-refractivity contribution in [3.8, 4) is 11.4 Å². The van der Waals surface area contributed by atoms with Crippen LogP contribution in [0.25, 0.3) is 11.4 Å². The summed E-state index contributed by atoms with van der Waals surface area (Å²) in [6, 6.07) is 12.7. The fraction of sp³-hybridized carbons (Fsp3) is 0.333. The molecule has 0 radical (unpaired) electrons. The van der Waals surface area contributed by atoms with Crippen LogP contribution < -0.4 is 4.90 Å². The Morgan fingerprint density at radius 1 is 1.18 bits per heavy atom. The Morgan fingerprint density at radius 3 is 2.82 bits per heavy atom. The lowest BCUT2D eigenvalue weighted by molar-refractivity contribution is -0.116. The number of aromatic nitrogens is 4. The van der Waals surface area contributed by atoms with E-state index in [1.54, 1.807) is 6.20 Å². The molecule has 1 unspecified atom stereocenters. The summed E-state index contributed by atoms with van der Waals surface area (Å²) in [5, 5.41) is 9.61. The van der Waals surface area contributed by atoms with E-state index in [1.165, 1.54) is 17.3 Å². The fourth-order valence-electron chi connectivity index (χ4n) is 3.87. The molecule has 1 amide bonds. The molecular weight excluding hydrogens is 370 g/mol. The number of hydrogen-bond donors (Lipinski definition) is 0. The standard InChI is InChI=1S/C21H21N5OS/c1-14-11-15-5-2-3-7-18(15)25(14)19(27)13-28-21-24-23-20(26(21)17-8-9-17)16-6-4-10-22-12-16/h2-7,10,12,14,17H,8-9,11,13H2,1H3. The first-order valence-electron chi connectivity index (χ1n) is 9.60. The van der Waals surface area contributed by atoms with Gasteiger partial charge < -0.3 is 4.90 Å². The second-order valence-electron chi connectivity index (χ2n) is 7.38. The van der Waals surface area contributed by atoms with Gasteiger partial charge in [0, 0.05) is 35.7 Å². The SMILES string of the molecule is CC1Cc2ccccc2N1C(=O)CSc1nnc(-c2cccnc2)n1C1CC1. The quantitative estimate of drug-likeness (QED) is 0.620. The summed E-state index contributed by atoms with van der Waals surface area (Å²) in [6.07, 6.45) is 6.73. The van der Waals surface area contributed by atoms with Gasteiger partial charge in [-0.15, -0.1) is 10.2 Å². The van der Waals surface area contributed by atoms with Gasteiger partial charge in [0.1, 0.15) is 0 Å². The van der Waals surface area contributed by atoms with Crippen LogP contribution >= 0.6 is 11.8 Å². The second kappa shape index (κ2) is 7.05. The van der Waals surface area contributed by atoms with Crippen LogP contribution in [0.15, 0.2) is 53.9 Å². The van der Waals surface area contributed by atoms with Crippen molar-refractivity contribution in [3.05, 3.63) is 54.4 Å². The van der Waals surface area contributed by atoms with Gasteiger partial charge in [0.2, 0.25) is 5.91 Å². The average Bonchev–Trinajstić information content (AvgIpc) is 3.37. The Kier molecular flexibility index (Phi) is 4.39. The minimum Gasteiger partial charge on any atom is -0.308 e. The third-order valence-electron chi connectivity index (χ3n) is 5.30. The number of anilines is 1. The minimum absolute atomic E-state index is 0.121. The van der Waals surface area contributed by atoms with E-state index in [-0.39, 0.29) is 11.9 Å². The van der Waals surface area contributed by atoms with Crippen molar-refractivity contribution in [2.45, 2.75) is 43.4 Å². The van der Waals surface area contributed by atoms with Gasteiger partial charge in [-0.05, 0) is 49.9 Å². The number of pyridine rings is 1. The summed E-state index contributed by atoms with van der Waals surface area (Å²) < 4.78 is 2.18. The maximum absolute atomic E-state index is 13.0. The molecule has 3 aromatic rings. The first kappa shape index (κ1) is 17.4. The van der Waals surface area contributed by atoms with Crippen molar-refractivity contribution in [2.75, 3.05) is 10.7 Å². The molecule has 1 atom stereocenters. The van der Waals surface area contributed by atoms with Gasteiger partial charge in [-0.2, -0.15) is 0 Å². The molecular formula is C21H21N5OS. The highest BCUT2D eigenvalue weighted by atomic mass is 32.2. The number of carbonyl (C=O) groups is 1.